The summed E-state index contributed by atoms with van der Waals surface area (Å²) in [5.41, 5.74) is -3.90. The first-order valence-corrected chi connectivity index (χ1v) is 7.73. The molecule has 20 heavy (non-hydrogen) atoms. The summed E-state index contributed by atoms with van der Waals surface area (Å²) in [6.45, 7) is 0. The number of alkyl halides is 3. The van der Waals surface area contributed by atoms with Crippen LogP contribution in [0.25, 0.3) is 11.1 Å². The lowest BCUT2D eigenvalue weighted by molar-refractivity contribution is -0.0379. The first-order valence-electron chi connectivity index (χ1n) is 5.69. The number of hydrogen-bond donors (Lipinski definition) is 0. The van der Waals surface area contributed by atoms with Gasteiger partial charge in [-0.15, -0.1) is 0 Å². The summed E-state index contributed by atoms with van der Waals surface area (Å²) in [7, 11) is -3.46. The third-order valence-electron chi connectivity index (χ3n) is 3.52. The van der Waals surface area contributed by atoms with E-state index < -0.39 is 27.2 Å². The summed E-state index contributed by atoms with van der Waals surface area (Å²) in [6, 6.07) is 6.71. The standard InChI is InChI=1S/C14H9F5S/c1-20(14(17,18)19)12-6-8(15)2-4-10(12)11-5-3-9(16)7-13(11)20/h2-7H,1H3. The van der Waals surface area contributed by atoms with Crippen LogP contribution in [0, 0.1) is 11.6 Å². The van der Waals surface area contributed by atoms with Gasteiger partial charge in [-0.2, -0.15) is 13.2 Å². The van der Waals surface area contributed by atoms with E-state index in [1.807, 2.05) is 0 Å². The maximum atomic E-state index is 13.6. The molecule has 0 saturated heterocycles. The van der Waals surface area contributed by atoms with Crippen molar-refractivity contribution in [2.45, 2.75) is 15.3 Å². The number of halogens is 5. The van der Waals surface area contributed by atoms with E-state index >= 15 is 0 Å². The molecule has 0 nitrogen and oxygen atoms in total. The first kappa shape index (κ1) is 13.4. The van der Waals surface area contributed by atoms with E-state index in [0.29, 0.717) is 11.1 Å². The van der Waals surface area contributed by atoms with Crippen molar-refractivity contribution in [2.24, 2.45) is 0 Å². The van der Waals surface area contributed by atoms with Gasteiger partial charge in [0.15, 0.2) is 0 Å². The molecule has 0 amide bonds. The van der Waals surface area contributed by atoms with Crippen molar-refractivity contribution < 1.29 is 22.0 Å². The van der Waals surface area contributed by atoms with Gasteiger partial charge in [0.25, 0.3) is 0 Å². The molecule has 2 aromatic carbocycles. The van der Waals surface area contributed by atoms with Crippen molar-refractivity contribution in [2.75, 3.05) is 6.26 Å². The van der Waals surface area contributed by atoms with Crippen LogP contribution in [0.1, 0.15) is 0 Å². The van der Waals surface area contributed by atoms with E-state index in [0.717, 1.165) is 30.5 Å². The highest BCUT2D eigenvalue weighted by molar-refractivity contribution is 8.34. The number of rotatable bonds is 0. The van der Waals surface area contributed by atoms with Gasteiger partial charge in [0.2, 0.25) is 0 Å². The molecule has 0 unspecified atom stereocenters. The van der Waals surface area contributed by atoms with Crippen LogP contribution in [-0.4, -0.2) is 11.8 Å². The Balaban J connectivity index is 2.42. The third-order valence-corrected chi connectivity index (χ3v) is 6.88. The van der Waals surface area contributed by atoms with Gasteiger partial charge in [0.05, 0.1) is 0 Å². The molecule has 0 aliphatic carbocycles. The largest absolute Gasteiger partial charge is 0.433 e. The molecule has 0 spiro atoms. The highest BCUT2D eigenvalue weighted by Gasteiger charge is 2.54. The molecule has 106 valence electrons. The maximum absolute atomic E-state index is 13.6. The van der Waals surface area contributed by atoms with Gasteiger partial charge in [-0.25, -0.2) is 8.78 Å². The zero-order valence-electron chi connectivity index (χ0n) is 10.3. The van der Waals surface area contributed by atoms with E-state index in [9.17, 15) is 22.0 Å². The minimum Gasteiger partial charge on any atom is -0.207 e. The Bertz CT molecular complexity index is 654. The lowest BCUT2D eigenvalue weighted by Gasteiger charge is -2.35. The molecule has 0 fully saturated rings. The summed E-state index contributed by atoms with van der Waals surface area (Å²) < 4.78 is 67.4. The molecule has 1 aliphatic rings. The van der Waals surface area contributed by atoms with Crippen LogP contribution >= 0.6 is 10.0 Å². The van der Waals surface area contributed by atoms with Crippen molar-refractivity contribution in [1.82, 2.24) is 0 Å². The smallest absolute Gasteiger partial charge is 0.207 e. The number of benzene rings is 2. The molecule has 0 bridgehead atoms. The fraction of sp³-hybridized carbons (Fsp3) is 0.143. The second-order valence-corrected chi connectivity index (χ2v) is 7.82. The molecule has 3 rings (SSSR count). The van der Waals surface area contributed by atoms with Gasteiger partial charge >= 0.3 is 5.51 Å². The monoisotopic (exact) mass is 304 g/mol. The Kier molecular flexibility index (Phi) is 2.67. The van der Waals surface area contributed by atoms with E-state index in [2.05, 4.69) is 0 Å². The van der Waals surface area contributed by atoms with Crippen LogP contribution in [0.4, 0.5) is 22.0 Å². The van der Waals surface area contributed by atoms with Crippen LogP contribution in [0.3, 0.4) is 0 Å². The van der Waals surface area contributed by atoms with Crippen LogP contribution in [-0.2, 0) is 0 Å². The maximum Gasteiger partial charge on any atom is 0.433 e. The van der Waals surface area contributed by atoms with Crippen molar-refractivity contribution >= 4 is 10.0 Å². The molecule has 0 radical (unpaired) electrons. The predicted molar refractivity (Wildman–Crippen MR) is 67.9 cm³/mol. The molecular formula is C14H9F5S. The molecule has 0 aromatic heterocycles. The van der Waals surface area contributed by atoms with Crippen molar-refractivity contribution in [3.63, 3.8) is 0 Å². The lowest BCUT2D eigenvalue weighted by atomic mass is 10.1. The molecule has 6 heteroatoms. The zero-order chi connectivity index (χ0) is 14.7. The van der Waals surface area contributed by atoms with E-state index in [1.54, 1.807) is 0 Å². The second-order valence-electron chi connectivity index (χ2n) is 4.65. The SMILES string of the molecule is CS1(C(F)(F)F)c2cc(F)ccc2-c2ccc(F)cc21. The Labute approximate surface area is 113 Å². The average Bonchev–Trinajstić information content (AvgIpc) is 2.60. The van der Waals surface area contributed by atoms with Gasteiger partial charge in [-0.1, -0.05) is 22.2 Å². The van der Waals surface area contributed by atoms with Gasteiger partial charge in [-0.3, -0.25) is 0 Å². The molecule has 1 heterocycles. The van der Waals surface area contributed by atoms with Crippen molar-refractivity contribution in [3.8, 4) is 11.1 Å². The average molecular weight is 304 g/mol. The molecule has 0 atom stereocenters. The molecule has 0 N–H and O–H groups in total. The highest BCUT2D eigenvalue weighted by atomic mass is 32.3. The molecule has 0 saturated carbocycles. The van der Waals surface area contributed by atoms with Gasteiger partial charge in [-0.05, 0) is 41.6 Å². The van der Waals surface area contributed by atoms with Crippen LogP contribution in [0.5, 0.6) is 0 Å². The fourth-order valence-corrected chi connectivity index (χ4v) is 5.15. The Morgan fingerprint density at radius 2 is 1.20 bits per heavy atom. The third kappa shape index (κ3) is 1.60. The number of fused-ring (bicyclic) bond motifs is 3. The summed E-state index contributed by atoms with van der Waals surface area (Å²) in [5.74, 6) is -1.44. The van der Waals surface area contributed by atoms with E-state index in [-0.39, 0.29) is 9.79 Å². The van der Waals surface area contributed by atoms with Gasteiger partial charge < -0.3 is 0 Å². The summed E-state index contributed by atoms with van der Waals surface area (Å²) in [6.07, 6.45) is 1.04. The predicted octanol–water partition coefficient (Wildman–Crippen LogP) is 5.32. The molecule has 1 aliphatic heterocycles. The summed E-state index contributed by atoms with van der Waals surface area (Å²) >= 11 is 0. The Morgan fingerprint density at radius 3 is 1.55 bits per heavy atom. The minimum atomic E-state index is -4.56. The Morgan fingerprint density at radius 1 is 0.800 bits per heavy atom. The quantitative estimate of drug-likeness (QED) is 0.578. The molecular weight excluding hydrogens is 295 g/mol. The lowest BCUT2D eigenvalue weighted by Crippen LogP contribution is -2.18. The Hall–Kier alpha value is -1.56. The highest BCUT2D eigenvalue weighted by Crippen LogP contribution is 2.77. The second kappa shape index (κ2) is 3.97. The van der Waals surface area contributed by atoms with E-state index in [4.69, 9.17) is 0 Å². The fourth-order valence-electron chi connectivity index (χ4n) is 2.48. The van der Waals surface area contributed by atoms with E-state index in [1.165, 1.54) is 12.1 Å². The van der Waals surface area contributed by atoms with Gasteiger partial charge in [0.1, 0.15) is 11.6 Å². The number of hydrogen-bond acceptors (Lipinski definition) is 0. The van der Waals surface area contributed by atoms with Gasteiger partial charge in [0, 0.05) is 9.79 Å². The molecule has 2 aromatic rings. The van der Waals surface area contributed by atoms with Crippen LogP contribution in [0.2, 0.25) is 0 Å². The topological polar surface area (TPSA) is 0 Å². The van der Waals surface area contributed by atoms with Crippen LogP contribution in [0.15, 0.2) is 46.2 Å². The normalized spacial score (nSPS) is 17.5. The van der Waals surface area contributed by atoms with Crippen LogP contribution < -0.4 is 0 Å². The van der Waals surface area contributed by atoms with Crippen molar-refractivity contribution in [1.29, 1.82) is 0 Å². The first-order chi connectivity index (χ1) is 9.25. The van der Waals surface area contributed by atoms with Crippen molar-refractivity contribution in [3.05, 3.63) is 48.0 Å². The minimum absolute atomic E-state index is 0.0920. The zero-order valence-corrected chi connectivity index (χ0v) is 11.1. The summed E-state index contributed by atoms with van der Waals surface area (Å²) in [4.78, 5) is -0.184. The summed E-state index contributed by atoms with van der Waals surface area (Å²) in [5, 5.41) is 0.